The number of pyridine rings is 1. The summed E-state index contributed by atoms with van der Waals surface area (Å²) in [6.45, 7) is 8.03. The Morgan fingerprint density at radius 2 is 1.92 bits per heavy atom. The summed E-state index contributed by atoms with van der Waals surface area (Å²) in [5, 5.41) is 0. The van der Waals surface area contributed by atoms with Gasteiger partial charge in [-0.25, -0.2) is 9.97 Å². The number of ether oxygens (including phenoxy) is 2. The van der Waals surface area contributed by atoms with Crippen molar-refractivity contribution in [2.75, 3.05) is 39.5 Å². The topological polar surface area (TPSA) is 52.4 Å². The van der Waals surface area contributed by atoms with Crippen LogP contribution >= 0.6 is 0 Å². The molecule has 136 valence electrons. The van der Waals surface area contributed by atoms with Crippen molar-refractivity contribution < 1.29 is 9.47 Å². The maximum Gasteiger partial charge on any atom is 0.163 e. The van der Waals surface area contributed by atoms with Crippen LogP contribution in [0.5, 0.6) is 5.75 Å². The van der Waals surface area contributed by atoms with Crippen LogP contribution in [-0.4, -0.2) is 58.9 Å². The van der Waals surface area contributed by atoms with Gasteiger partial charge in [0.15, 0.2) is 5.75 Å². The van der Waals surface area contributed by atoms with E-state index in [9.17, 15) is 0 Å². The second-order valence-corrected chi connectivity index (χ2v) is 6.37. The molecule has 2 aromatic heterocycles. The second kappa shape index (κ2) is 7.85. The molecule has 3 aromatic rings. The summed E-state index contributed by atoms with van der Waals surface area (Å²) < 4.78 is 13.6. The first-order valence-electron chi connectivity index (χ1n) is 9.19. The Morgan fingerprint density at radius 3 is 2.69 bits per heavy atom. The van der Waals surface area contributed by atoms with Gasteiger partial charge >= 0.3 is 0 Å². The Labute approximate surface area is 153 Å². The zero-order valence-electron chi connectivity index (χ0n) is 15.1. The van der Waals surface area contributed by atoms with Crippen molar-refractivity contribution in [3.8, 4) is 17.0 Å². The van der Waals surface area contributed by atoms with Crippen LogP contribution in [0, 0.1) is 0 Å². The minimum atomic E-state index is 0.635. The van der Waals surface area contributed by atoms with Gasteiger partial charge in [0.2, 0.25) is 0 Å². The highest BCUT2D eigenvalue weighted by Crippen LogP contribution is 2.31. The molecule has 0 unspecified atom stereocenters. The fourth-order valence-electron chi connectivity index (χ4n) is 3.32. The highest BCUT2D eigenvalue weighted by molar-refractivity contribution is 5.93. The maximum atomic E-state index is 6.11. The fourth-order valence-corrected chi connectivity index (χ4v) is 3.32. The van der Waals surface area contributed by atoms with E-state index < -0.39 is 0 Å². The summed E-state index contributed by atoms with van der Waals surface area (Å²) in [7, 11) is 0. The fraction of sp³-hybridized carbons (Fsp3) is 0.400. The predicted octanol–water partition coefficient (Wildman–Crippen LogP) is 2.83. The highest BCUT2D eigenvalue weighted by atomic mass is 16.5. The van der Waals surface area contributed by atoms with Crippen LogP contribution in [0.25, 0.3) is 22.3 Å². The number of aryl methyl sites for hydroxylation is 1. The van der Waals surface area contributed by atoms with Gasteiger partial charge in [-0.1, -0.05) is 30.3 Å². The summed E-state index contributed by atoms with van der Waals surface area (Å²) in [6.07, 6.45) is 3.70. The Morgan fingerprint density at radius 1 is 1.12 bits per heavy atom. The van der Waals surface area contributed by atoms with E-state index in [4.69, 9.17) is 9.47 Å². The van der Waals surface area contributed by atoms with Crippen LogP contribution in [-0.2, 0) is 11.3 Å². The molecule has 3 heterocycles. The molecule has 1 fully saturated rings. The van der Waals surface area contributed by atoms with Crippen LogP contribution in [0.1, 0.15) is 6.92 Å². The number of nitrogens with zero attached hydrogens (tertiary/aromatic N) is 4. The monoisotopic (exact) mass is 352 g/mol. The van der Waals surface area contributed by atoms with Gasteiger partial charge in [0.25, 0.3) is 0 Å². The minimum Gasteiger partial charge on any atom is -0.488 e. The van der Waals surface area contributed by atoms with Crippen LogP contribution in [0.15, 0.2) is 42.9 Å². The van der Waals surface area contributed by atoms with Gasteiger partial charge in [0.05, 0.1) is 31.4 Å². The van der Waals surface area contributed by atoms with Crippen molar-refractivity contribution in [1.82, 2.24) is 19.4 Å². The van der Waals surface area contributed by atoms with E-state index in [2.05, 4.69) is 38.5 Å². The molecule has 0 aliphatic carbocycles. The molecule has 0 atom stereocenters. The van der Waals surface area contributed by atoms with Gasteiger partial charge in [-0.15, -0.1) is 0 Å². The van der Waals surface area contributed by atoms with E-state index in [0.29, 0.717) is 6.61 Å². The largest absolute Gasteiger partial charge is 0.488 e. The average molecular weight is 352 g/mol. The van der Waals surface area contributed by atoms with Crippen molar-refractivity contribution in [3.05, 3.63) is 42.9 Å². The molecule has 0 radical (unpaired) electrons. The third-order valence-electron chi connectivity index (χ3n) is 4.76. The van der Waals surface area contributed by atoms with Gasteiger partial charge < -0.3 is 14.0 Å². The summed E-state index contributed by atoms with van der Waals surface area (Å²) in [4.78, 5) is 11.6. The smallest absolute Gasteiger partial charge is 0.163 e. The molecule has 1 aliphatic rings. The number of morpholine rings is 1. The lowest BCUT2D eigenvalue weighted by Gasteiger charge is -2.26. The molecule has 1 aliphatic heterocycles. The van der Waals surface area contributed by atoms with Gasteiger partial charge in [0.1, 0.15) is 17.6 Å². The molecule has 4 rings (SSSR count). The van der Waals surface area contributed by atoms with E-state index in [0.717, 1.165) is 67.4 Å². The van der Waals surface area contributed by atoms with Gasteiger partial charge in [-0.05, 0) is 6.92 Å². The van der Waals surface area contributed by atoms with Gasteiger partial charge in [0, 0.05) is 31.7 Å². The Hall–Kier alpha value is -2.44. The highest BCUT2D eigenvalue weighted by Gasteiger charge is 2.16. The number of hydrogen-bond acceptors (Lipinski definition) is 5. The quantitative estimate of drug-likeness (QED) is 0.683. The molecule has 0 N–H and O–H groups in total. The lowest BCUT2D eigenvalue weighted by atomic mass is 10.1. The number of imidazole rings is 1. The number of fused-ring (bicyclic) bond motifs is 1. The third kappa shape index (κ3) is 3.43. The molecular weight excluding hydrogens is 328 g/mol. The maximum absolute atomic E-state index is 6.11. The Bertz CT molecular complexity index is 857. The molecule has 0 spiro atoms. The van der Waals surface area contributed by atoms with Crippen molar-refractivity contribution in [2.24, 2.45) is 0 Å². The number of rotatable bonds is 6. The van der Waals surface area contributed by atoms with E-state index >= 15 is 0 Å². The molecule has 6 heteroatoms. The molecule has 0 amide bonds. The third-order valence-corrected chi connectivity index (χ3v) is 4.76. The number of aromatic nitrogens is 3. The van der Waals surface area contributed by atoms with Crippen LogP contribution in [0.2, 0.25) is 0 Å². The first-order valence-corrected chi connectivity index (χ1v) is 9.19. The Balaban J connectivity index is 1.60. The predicted molar refractivity (Wildman–Crippen MR) is 101 cm³/mol. The first kappa shape index (κ1) is 17.0. The summed E-state index contributed by atoms with van der Waals surface area (Å²) in [5.41, 5.74) is 3.87. The van der Waals surface area contributed by atoms with Crippen LogP contribution < -0.4 is 4.74 Å². The zero-order chi connectivity index (χ0) is 17.8. The van der Waals surface area contributed by atoms with Gasteiger partial charge in [-0.3, -0.25) is 4.90 Å². The zero-order valence-corrected chi connectivity index (χ0v) is 15.1. The van der Waals surface area contributed by atoms with E-state index in [1.54, 1.807) is 0 Å². The molecule has 0 saturated carbocycles. The summed E-state index contributed by atoms with van der Waals surface area (Å²) in [5.74, 6) is 0.798. The van der Waals surface area contributed by atoms with Crippen molar-refractivity contribution >= 4 is 11.0 Å². The molecule has 1 saturated heterocycles. The van der Waals surface area contributed by atoms with E-state index in [1.807, 2.05) is 30.7 Å². The summed E-state index contributed by atoms with van der Waals surface area (Å²) >= 11 is 0. The normalized spacial score (nSPS) is 15.4. The molecule has 6 nitrogen and oxygen atoms in total. The van der Waals surface area contributed by atoms with Crippen LogP contribution in [0.4, 0.5) is 0 Å². The minimum absolute atomic E-state index is 0.635. The van der Waals surface area contributed by atoms with Crippen LogP contribution in [0.3, 0.4) is 0 Å². The van der Waals surface area contributed by atoms with Crippen molar-refractivity contribution in [3.63, 3.8) is 0 Å². The Kier molecular flexibility index (Phi) is 5.13. The number of benzene rings is 1. The molecule has 26 heavy (non-hydrogen) atoms. The lowest BCUT2D eigenvalue weighted by molar-refractivity contribution is 0.0323. The van der Waals surface area contributed by atoms with Crippen molar-refractivity contribution in [2.45, 2.75) is 13.5 Å². The molecule has 0 bridgehead atoms. The van der Waals surface area contributed by atoms with E-state index in [1.165, 1.54) is 0 Å². The SMILES string of the molecule is CCn1cnc2c(-c3ccccc3)ncc(OCCN3CCOCC3)c21. The average Bonchev–Trinajstić information content (AvgIpc) is 3.14. The number of hydrogen-bond donors (Lipinski definition) is 0. The second-order valence-electron chi connectivity index (χ2n) is 6.37. The van der Waals surface area contributed by atoms with Gasteiger partial charge in [-0.2, -0.15) is 0 Å². The van der Waals surface area contributed by atoms with E-state index in [-0.39, 0.29) is 0 Å². The first-order chi connectivity index (χ1) is 12.9. The summed E-state index contributed by atoms with van der Waals surface area (Å²) in [6, 6.07) is 10.2. The molecule has 1 aromatic carbocycles. The van der Waals surface area contributed by atoms with Crippen molar-refractivity contribution in [1.29, 1.82) is 0 Å². The molecular formula is C20H24N4O2. The lowest BCUT2D eigenvalue weighted by Crippen LogP contribution is -2.38. The standard InChI is InChI=1S/C20H24N4O2/c1-2-24-15-22-19-18(16-6-4-3-5-7-16)21-14-17(20(19)24)26-13-10-23-8-11-25-12-9-23/h3-7,14-15H,2,8-13H2,1H3.